The number of piperidine rings is 1. The summed E-state index contributed by atoms with van der Waals surface area (Å²) < 4.78 is 13.8. The number of benzene rings is 1. The van der Waals surface area contributed by atoms with Crippen molar-refractivity contribution >= 4 is 23.1 Å². The van der Waals surface area contributed by atoms with Gasteiger partial charge in [-0.15, -0.1) is 0 Å². The first-order valence-electron chi connectivity index (χ1n) is 6.85. The molecule has 1 fully saturated rings. The van der Waals surface area contributed by atoms with Crippen molar-refractivity contribution in [1.82, 2.24) is 15.3 Å². The highest BCUT2D eigenvalue weighted by Crippen LogP contribution is 2.23. The third-order valence-corrected chi connectivity index (χ3v) is 3.74. The molecule has 8 heteroatoms. The number of carbonyl (C=O) groups is 1. The van der Waals surface area contributed by atoms with Gasteiger partial charge in [0.05, 0.1) is 28.7 Å². The summed E-state index contributed by atoms with van der Waals surface area (Å²) in [5.74, 6) is 0.550. The number of fused-ring (bicyclic) bond motifs is 1. The van der Waals surface area contributed by atoms with E-state index in [4.69, 9.17) is 10.4 Å². The average Bonchev–Trinajstić information content (AvgIpc) is 2.91. The first-order valence-corrected chi connectivity index (χ1v) is 6.85. The van der Waals surface area contributed by atoms with Crippen LogP contribution in [0.5, 0.6) is 0 Å². The van der Waals surface area contributed by atoms with E-state index in [1.807, 2.05) is 4.90 Å². The second kappa shape index (κ2) is 5.52. The molecule has 1 aliphatic rings. The number of nitrogens with zero attached hydrogens (tertiary/aromatic N) is 3. The van der Waals surface area contributed by atoms with E-state index in [1.54, 1.807) is 18.2 Å². The van der Waals surface area contributed by atoms with Gasteiger partial charge in [0.15, 0.2) is 0 Å². The topological polar surface area (TPSA) is 105 Å². The molecule has 114 valence electrons. The van der Waals surface area contributed by atoms with E-state index < -0.39 is 18.3 Å². The summed E-state index contributed by atoms with van der Waals surface area (Å²) >= 11 is 0. The molecule has 7 nitrogen and oxygen atoms in total. The molecule has 1 aromatic heterocycles. The molecule has 2 atom stereocenters. The minimum atomic E-state index is -1.24. The number of aromatic amines is 1. The number of amides is 1. The number of nitrogens with one attached hydrogen (secondary N) is 2. The minimum Gasteiger partial charge on any atom is -0.465 e. The molecule has 1 aliphatic heterocycles. The molecule has 3 N–H and O–H groups in total. The molecule has 0 aliphatic carbocycles. The minimum absolute atomic E-state index is 0.207. The van der Waals surface area contributed by atoms with Crippen LogP contribution in [0.2, 0.25) is 0 Å². The summed E-state index contributed by atoms with van der Waals surface area (Å²) in [5.41, 5.74) is 1.95. The van der Waals surface area contributed by atoms with Crippen molar-refractivity contribution in [3.8, 4) is 6.07 Å². The second-order valence-electron chi connectivity index (χ2n) is 5.21. The van der Waals surface area contributed by atoms with Gasteiger partial charge in [-0.1, -0.05) is 0 Å². The van der Waals surface area contributed by atoms with Crippen LogP contribution in [-0.2, 0) is 0 Å². The fourth-order valence-corrected chi connectivity index (χ4v) is 2.63. The fraction of sp³-hybridized carbons (Fsp3) is 0.357. The van der Waals surface area contributed by atoms with Gasteiger partial charge in [-0.2, -0.15) is 5.26 Å². The summed E-state index contributed by atoms with van der Waals surface area (Å²) in [6.45, 7) is 0.655. The van der Waals surface area contributed by atoms with Crippen molar-refractivity contribution in [3.63, 3.8) is 0 Å². The summed E-state index contributed by atoms with van der Waals surface area (Å²) in [6, 6.07) is 6.38. The van der Waals surface area contributed by atoms with E-state index in [1.165, 1.54) is 0 Å². The quantitative estimate of drug-likeness (QED) is 0.782. The molecule has 22 heavy (non-hydrogen) atoms. The zero-order valence-electron chi connectivity index (χ0n) is 11.6. The Balaban J connectivity index is 1.84. The van der Waals surface area contributed by atoms with Crippen molar-refractivity contribution < 1.29 is 14.3 Å². The SMILES string of the molecule is N#Cc1ccc2nc(N3CC[C@H](F)[C@H](NC(=O)O)C3)[nH]c2c1. The molecule has 2 aromatic rings. The largest absolute Gasteiger partial charge is 0.465 e. The van der Waals surface area contributed by atoms with E-state index in [2.05, 4.69) is 21.4 Å². The van der Waals surface area contributed by atoms with Crippen LogP contribution in [0.25, 0.3) is 11.0 Å². The Morgan fingerprint density at radius 3 is 3.14 bits per heavy atom. The van der Waals surface area contributed by atoms with Crippen LogP contribution in [0.3, 0.4) is 0 Å². The molecule has 1 saturated heterocycles. The number of alkyl halides is 1. The summed E-state index contributed by atoms with van der Waals surface area (Å²) in [5, 5.41) is 19.9. The van der Waals surface area contributed by atoms with Crippen LogP contribution >= 0.6 is 0 Å². The normalized spacial score (nSPS) is 21.5. The van der Waals surface area contributed by atoms with Crippen molar-refractivity contribution in [2.45, 2.75) is 18.6 Å². The Labute approximate surface area is 125 Å². The van der Waals surface area contributed by atoms with Gasteiger partial charge in [-0.05, 0) is 24.6 Å². The van der Waals surface area contributed by atoms with Gasteiger partial charge < -0.3 is 20.3 Å². The molecule has 0 unspecified atom stereocenters. The van der Waals surface area contributed by atoms with Crippen molar-refractivity contribution in [2.24, 2.45) is 0 Å². The van der Waals surface area contributed by atoms with Gasteiger partial charge in [0.2, 0.25) is 5.95 Å². The first-order chi connectivity index (χ1) is 10.6. The lowest BCUT2D eigenvalue weighted by molar-refractivity contribution is 0.167. The number of halogens is 1. The number of nitriles is 1. The molecular formula is C14H14FN5O2. The Morgan fingerprint density at radius 1 is 1.59 bits per heavy atom. The number of anilines is 1. The maximum Gasteiger partial charge on any atom is 0.405 e. The molecule has 1 amide bonds. The Bertz CT molecular complexity index is 753. The van der Waals surface area contributed by atoms with Crippen LogP contribution in [0.4, 0.5) is 15.1 Å². The predicted molar refractivity (Wildman–Crippen MR) is 77.5 cm³/mol. The van der Waals surface area contributed by atoms with Crippen LogP contribution in [0.1, 0.15) is 12.0 Å². The van der Waals surface area contributed by atoms with E-state index in [-0.39, 0.29) is 13.0 Å². The lowest BCUT2D eigenvalue weighted by Crippen LogP contribution is -2.53. The second-order valence-corrected chi connectivity index (χ2v) is 5.21. The Morgan fingerprint density at radius 2 is 2.41 bits per heavy atom. The zero-order chi connectivity index (χ0) is 15.7. The highest BCUT2D eigenvalue weighted by molar-refractivity contribution is 5.79. The van der Waals surface area contributed by atoms with Crippen LogP contribution in [-0.4, -0.2) is 46.5 Å². The van der Waals surface area contributed by atoms with Crippen LogP contribution in [0.15, 0.2) is 18.2 Å². The van der Waals surface area contributed by atoms with E-state index in [0.29, 0.717) is 23.6 Å². The van der Waals surface area contributed by atoms with Gasteiger partial charge in [0.25, 0.3) is 0 Å². The van der Waals surface area contributed by atoms with Gasteiger partial charge in [-0.3, -0.25) is 0 Å². The highest BCUT2D eigenvalue weighted by atomic mass is 19.1. The average molecular weight is 303 g/mol. The lowest BCUT2D eigenvalue weighted by Gasteiger charge is -2.34. The van der Waals surface area contributed by atoms with Crippen molar-refractivity contribution in [2.75, 3.05) is 18.0 Å². The van der Waals surface area contributed by atoms with Gasteiger partial charge in [0.1, 0.15) is 6.17 Å². The Hall–Kier alpha value is -2.82. The summed E-state index contributed by atoms with van der Waals surface area (Å²) in [7, 11) is 0. The number of aromatic nitrogens is 2. The zero-order valence-corrected chi connectivity index (χ0v) is 11.6. The molecular weight excluding hydrogens is 289 g/mol. The molecule has 0 saturated carbocycles. The number of hydrogen-bond acceptors (Lipinski definition) is 4. The lowest BCUT2D eigenvalue weighted by atomic mass is 10.0. The van der Waals surface area contributed by atoms with Crippen LogP contribution in [0, 0.1) is 11.3 Å². The number of rotatable bonds is 2. The molecule has 0 bridgehead atoms. The number of H-pyrrole nitrogens is 1. The molecule has 0 radical (unpaired) electrons. The molecule has 2 heterocycles. The maximum absolute atomic E-state index is 13.8. The standard InChI is InChI=1S/C14H14FN5O2/c15-9-3-4-20(7-12(9)19-14(21)22)13-17-10-2-1-8(6-16)5-11(10)18-13/h1-2,5,9,12,19H,3-4,7H2,(H,17,18)(H,21,22)/t9-,12+/m0/s1. The molecule has 0 spiro atoms. The number of carboxylic acid groups (broad SMARTS) is 1. The summed E-state index contributed by atoms with van der Waals surface area (Å²) in [4.78, 5) is 20.0. The monoisotopic (exact) mass is 303 g/mol. The van der Waals surface area contributed by atoms with Crippen molar-refractivity contribution in [1.29, 1.82) is 5.26 Å². The molecule has 3 rings (SSSR count). The fourth-order valence-electron chi connectivity index (χ4n) is 2.63. The maximum atomic E-state index is 13.8. The first kappa shape index (κ1) is 14.1. The Kier molecular flexibility index (Phi) is 3.55. The number of imidazole rings is 1. The van der Waals surface area contributed by atoms with E-state index in [9.17, 15) is 9.18 Å². The van der Waals surface area contributed by atoms with Gasteiger partial charge >= 0.3 is 6.09 Å². The van der Waals surface area contributed by atoms with Gasteiger partial charge in [-0.25, -0.2) is 14.2 Å². The summed E-state index contributed by atoms with van der Waals surface area (Å²) in [6.07, 6.45) is -2.22. The molecule has 1 aromatic carbocycles. The highest BCUT2D eigenvalue weighted by Gasteiger charge is 2.31. The van der Waals surface area contributed by atoms with Crippen molar-refractivity contribution in [3.05, 3.63) is 23.8 Å². The van der Waals surface area contributed by atoms with E-state index >= 15 is 0 Å². The third-order valence-electron chi connectivity index (χ3n) is 3.74. The van der Waals surface area contributed by atoms with E-state index in [0.717, 1.165) is 5.52 Å². The van der Waals surface area contributed by atoms with Crippen LogP contribution < -0.4 is 10.2 Å². The number of hydrogen-bond donors (Lipinski definition) is 3. The third kappa shape index (κ3) is 2.65. The predicted octanol–water partition coefficient (Wildman–Crippen LogP) is 1.62. The van der Waals surface area contributed by atoms with Gasteiger partial charge in [0, 0.05) is 13.1 Å². The smallest absolute Gasteiger partial charge is 0.405 e.